The van der Waals surface area contributed by atoms with E-state index in [0.29, 0.717) is 43.3 Å². The molecule has 9 nitrogen and oxygen atoms in total. The number of phenolic OH excluding ortho intramolecular Hbond substituents is 1. The van der Waals surface area contributed by atoms with E-state index in [2.05, 4.69) is 71.7 Å². The van der Waals surface area contributed by atoms with Gasteiger partial charge in [-0.15, -0.1) is 0 Å². The molecule has 1 aromatic heterocycles. The molecule has 0 radical (unpaired) electrons. The van der Waals surface area contributed by atoms with E-state index < -0.39 is 6.10 Å². The number of phenols is 1. The summed E-state index contributed by atoms with van der Waals surface area (Å²) in [5.41, 5.74) is 14.6. The number of dihydropyridines is 1. The molecule has 4 aromatic rings. The quantitative estimate of drug-likeness (QED) is 0.131. The third kappa shape index (κ3) is 6.67. The van der Waals surface area contributed by atoms with Crippen LogP contribution in [0.1, 0.15) is 90.8 Å². The second-order valence-corrected chi connectivity index (χ2v) is 16.6. The van der Waals surface area contributed by atoms with E-state index in [1.165, 1.54) is 16.7 Å². The van der Waals surface area contributed by atoms with E-state index in [-0.39, 0.29) is 42.6 Å². The molecule has 0 saturated carbocycles. The van der Waals surface area contributed by atoms with Gasteiger partial charge in [-0.2, -0.15) is 0 Å². The predicted molar refractivity (Wildman–Crippen MR) is 219 cm³/mol. The van der Waals surface area contributed by atoms with Crippen LogP contribution < -0.4 is 15.8 Å². The van der Waals surface area contributed by atoms with Crippen LogP contribution in [-0.4, -0.2) is 58.1 Å². The fourth-order valence-corrected chi connectivity index (χ4v) is 10.3. The molecule has 10 rings (SSSR count). The number of nitrogens with one attached hydrogen (secondary N) is 1. The Morgan fingerprint density at radius 2 is 1.93 bits per heavy atom. The number of benzene rings is 3. The number of aliphatic hydroxyl groups excluding tert-OH is 2. The van der Waals surface area contributed by atoms with Gasteiger partial charge in [0.25, 0.3) is 0 Å². The van der Waals surface area contributed by atoms with E-state index in [9.17, 15) is 15.3 Å². The standard InChI is InChI=1S/C47H55N3O6/c1-2-3-4-8-37-22-42(52)30-11-14-38-39(20-30)33(25-51)21-43(53)45(38)56-27-34-19-36(47-16-17-54-28-35(47)13-10-29-7-5-6-9-41(29)47)18-32-23-50(24-40(32)34)46-31(26-55-37)12-15-44(48)49-46/h5-7,9,11-12,14-15,18-19,21,23-24,30,35,37,42,44,49,51-53H,2-4,8,10,13,16-17,20,22,25-28,48H2,1H3/t30-,35+,37-,42-,44?,47+/m0/s1. The molecule has 6 N–H and O–H groups in total. The van der Waals surface area contributed by atoms with Crippen molar-refractivity contribution >= 4 is 22.7 Å². The summed E-state index contributed by atoms with van der Waals surface area (Å²) in [6.07, 6.45) is 19.3. The summed E-state index contributed by atoms with van der Waals surface area (Å²) in [5, 5.41) is 39.3. The number of aromatic nitrogens is 1. The molecule has 9 heteroatoms. The monoisotopic (exact) mass is 757 g/mol. The molecule has 6 aliphatic rings. The highest BCUT2D eigenvalue weighted by Gasteiger charge is 2.47. The van der Waals surface area contributed by atoms with Crippen LogP contribution in [0.4, 0.5) is 0 Å². The highest BCUT2D eigenvalue weighted by Crippen LogP contribution is 2.52. The van der Waals surface area contributed by atoms with Crippen LogP contribution >= 0.6 is 0 Å². The van der Waals surface area contributed by atoms with Gasteiger partial charge in [-0.3, -0.25) is 0 Å². The number of hydrogen-bond acceptors (Lipinski definition) is 8. The van der Waals surface area contributed by atoms with Crippen LogP contribution in [0.15, 0.2) is 78.7 Å². The van der Waals surface area contributed by atoms with E-state index in [0.717, 1.165) is 90.4 Å². The van der Waals surface area contributed by atoms with Gasteiger partial charge >= 0.3 is 0 Å². The fourth-order valence-electron chi connectivity index (χ4n) is 10.3. The first-order chi connectivity index (χ1) is 27.4. The second-order valence-electron chi connectivity index (χ2n) is 16.6. The number of nitrogens with zero attached hydrogens (tertiary/aromatic N) is 1. The number of rotatable bonds is 6. The molecule has 1 fully saturated rings. The SMILES string of the molecule is CCCCC[C@H]1C[C@H](O)[C@H]2C=Cc3c(c(CO)cc(O)c3OCc3cc([C@@]45CCOC[C@H]4CCc4ccccc45)cc4cn(cc34)C3=C(C=CC(N)N3)CO1)C2. The Morgan fingerprint density at radius 1 is 1.04 bits per heavy atom. The van der Waals surface area contributed by atoms with Crippen molar-refractivity contribution in [2.75, 3.05) is 19.8 Å². The molecule has 294 valence electrons. The summed E-state index contributed by atoms with van der Waals surface area (Å²) in [4.78, 5) is 0. The average molecular weight is 758 g/mol. The van der Waals surface area contributed by atoms with Crippen molar-refractivity contribution in [3.8, 4) is 11.5 Å². The zero-order valence-corrected chi connectivity index (χ0v) is 32.4. The Hall–Kier alpha value is -4.38. The Kier molecular flexibility index (Phi) is 10.3. The first-order valence-corrected chi connectivity index (χ1v) is 20.7. The maximum absolute atomic E-state index is 11.7. The number of unbranched alkanes of at least 4 members (excludes halogenated alkanes) is 2. The fraction of sp³-hybridized carbons (Fsp3) is 0.447. The van der Waals surface area contributed by atoms with Crippen molar-refractivity contribution in [2.45, 2.75) is 102 Å². The molecule has 6 atom stereocenters. The van der Waals surface area contributed by atoms with Gasteiger partial charge in [0.05, 0.1) is 38.2 Å². The van der Waals surface area contributed by atoms with Crippen LogP contribution in [-0.2, 0) is 40.9 Å². The van der Waals surface area contributed by atoms with E-state index in [4.69, 9.17) is 19.9 Å². The van der Waals surface area contributed by atoms with Gasteiger partial charge in [-0.05, 0) is 89.6 Å². The van der Waals surface area contributed by atoms with Gasteiger partial charge in [-0.25, -0.2) is 0 Å². The average Bonchev–Trinajstić information content (AvgIpc) is 3.66. The Morgan fingerprint density at radius 3 is 2.80 bits per heavy atom. The first kappa shape index (κ1) is 37.2. The Balaban J connectivity index is 1.22. The molecule has 1 unspecified atom stereocenters. The lowest BCUT2D eigenvalue weighted by atomic mass is 9.57. The van der Waals surface area contributed by atoms with Crippen molar-refractivity contribution in [2.24, 2.45) is 17.6 Å². The van der Waals surface area contributed by atoms with E-state index >= 15 is 0 Å². The topological polar surface area (TPSA) is 131 Å². The largest absolute Gasteiger partial charge is 0.504 e. The highest BCUT2D eigenvalue weighted by molar-refractivity contribution is 5.88. The minimum absolute atomic E-state index is 0.00789. The summed E-state index contributed by atoms with van der Waals surface area (Å²) >= 11 is 0. The van der Waals surface area contributed by atoms with Gasteiger partial charge < -0.3 is 45.1 Å². The molecular formula is C47H55N3O6. The van der Waals surface area contributed by atoms with Crippen LogP contribution in [0.5, 0.6) is 11.5 Å². The second kappa shape index (κ2) is 15.5. The number of nitrogens with two attached hydrogens (primary N) is 1. The summed E-state index contributed by atoms with van der Waals surface area (Å²) in [5.74, 6) is 1.41. The summed E-state index contributed by atoms with van der Waals surface area (Å²) in [7, 11) is 0. The van der Waals surface area contributed by atoms with E-state index in [1.807, 2.05) is 18.2 Å². The van der Waals surface area contributed by atoms with Gasteiger partial charge in [-0.1, -0.05) is 74.7 Å². The molecule has 0 spiro atoms. The molecule has 4 aliphatic heterocycles. The van der Waals surface area contributed by atoms with Crippen molar-refractivity contribution in [1.29, 1.82) is 0 Å². The molecule has 2 aliphatic carbocycles. The van der Waals surface area contributed by atoms with Crippen LogP contribution in [0, 0.1) is 11.8 Å². The minimum atomic E-state index is -0.655. The predicted octanol–water partition coefficient (Wildman–Crippen LogP) is 7.22. The third-order valence-corrected chi connectivity index (χ3v) is 13.2. The molecule has 6 bridgehead atoms. The lowest BCUT2D eigenvalue weighted by Crippen LogP contribution is -2.47. The zero-order chi connectivity index (χ0) is 38.4. The molecular weight excluding hydrogens is 703 g/mol. The van der Waals surface area contributed by atoms with Gasteiger partial charge in [0.1, 0.15) is 12.4 Å². The normalized spacial score (nSPS) is 27.2. The van der Waals surface area contributed by atoms with Gasteiger partial charge in [0.15, 0.2) is 11.5 Å². The minimum Gasteiger partial charge on any atom is -0.504 e. The Labute approximate surface area is 329 Å². The number of aryl methyl sites for hydroxylation is 1. The van der Waals surface area contributed by atoms with Crippen LogP contribution in [0.3, 0.4) is 0 Å². The Bertz CT molecular complexity index is 2200. The summed E-state index contributed by atoms with van der Waals surface area (Å²) in [6, 6.07) is 15.3. The van der Waals surface area contributed by atoms with E-state index in [1.54, 1.807) is 6.07 Å². The van der Waals surface area contributed by atoms with Gasteiger partial charge in [0, 0.05) is 58.7 Å². The van der Waals surface area contributed by atoms with Crippen LogP contribution in [0.25, 0.3) is 22.7 Å². The smallest absolute Gasteiger partial charge is 0.168 e. The molecule has 1 saturated heterocycles. The molecule has 56 heavy (non-hydrogen) atoms. The van der Waals surface area contributed by atoms with Crippen LogP contribution in [0.2, 0.25) is 0 Å². The number of ether oxygens (including phenoxy) is 3. The third-order valence-electron chi connectivity index (χ3n) is 13.2. The van der Waals surface area contributed by atoms with Crippen molar-refractivity contribution in [3.63, 3.8) is 0 Å². The number of fused-ring (bicyclic) bond motifs is 8. The molecule has 5 heterocycles. The summed E-state index contributed by atoms with van der Waals surface area (Å²) in [6.45, 7) is 3.98. The van der Waals surface area contributed by atoms with Gasteiger partial charge in [0.2, 0.25) is 0 Å². The molecule has 0 amide bonds. The van der Waals surface area contributed by atoms with Crippen molar-refractivity contribution in [1.82, 2.24) is 9.88 Å². The lowest BCUT2D eigenvalue weighted by Gasteiger charge is -2.49. The maximum atomic E-state index is 11.7. The molecule has 3 aromatic carbocycles. The summed E-state index contributed by atoms with van der Waals surface area (Å²) < 4.78 is 21.8. The first-order valence-electron chi connectivity index (χ1n) is 20.7. The zero-order valence-electron chi connectivity index (χ0n) is 32.4. The maximum Gasteiger partial charge on any atom is 0.168 e. The number of aromatic hydroxyl groups is 1. The highest BCUT2D eigenvalue weighted by atomic mass is 16.5. The number of aliphatic hydroxyl groups is 2. The lowest BCUT2D eigenvalue weighted by molar-refractivity contribution is 0.00497. The number of hydrogen-bond donors (Lipinski definition) is 5. The van der Waals surface area contributed by atoms with Crippen molar-refractivity contribution < 1.29 is 29.5 Å². The van der Waals surface area contributed by atoms with Crippen molar-refractivity contribution in [3.05, 3.63) is 118 Å².